The number of amides is 1. The molecule has 9 heteroatoms. The van der Waals surface area contributed by atoms with Gasteiger partial charge in [0, 0.05) is 19.2 Å². The van der Waals surface area contributed by atoms with E-state index in [-0.39, 0.29) is 18.5 Å². The van der Waals surface area contributed by atoms with E-state index in [1.54, 1.807) is 4.90 Å². The molecule has 0 bridgehead atoms. The fourth-order valence-electron chi connectivity index (χ4n) is 2.94. The van der Waals surface area contributed by atoms with Crippen LogP contribution in [0.1, 0.15) is 30.1 Å². The van der Waals surface area contributed by atoms with Gasteiger partial charge in [0.25, 0.3) is 0 Å². The quantitative estimate of drug-likeness (QED) is 0.901. The van der Waals surface area contributed by atoms with Crippen LogP contribution in [0.15, 0.2) is 36.4 Å². The van der Waals surface area contributed by atoms with E-state index in [2.05, 4.69) is 5.10 Å². The lowest BCUT2D eigenvalue weighted by Crippen LogP contribution is -2.39. The molecule has 1 saturated heterocycles. The molecule has 26 heavy (non-hydrogen) atoms. The number of ether oxygens (including phenoxy) is 1. The van der Waals surface area contributed by atoms with Crippen molar-refractivity contribution in [2.75, 3.05) is 18.8 Å². The number of nitrogens with zero attached hydrogens (tertiary/aromatic N) is 3. The topological polar surface area (TPSA) is 73.4 Å². The zero-order valence-electron chi connectivity index (χ0n) is 13.9. The van der Waals surface area contributed by atoms with E-state index in [9.17, 15) is 18.0 Å². The van der Waals surface area contributed by atoms with E-state index >= 15 is 0 Å². The van der Waals surface area contributed by atoms with Crippen LogP contribution in [0.25, 0.3) is 0 Å². The Balaban J connectivity index is 1.54. The van der Waals surface area contributed by atoms with Gasteiger partial charge in [-0.25, -0.2) is 9.48 Å². The van der Waals surface area contributed by atoms with Crippen molar-refractivity contribution in [3.8, 4) is 0 Å². The lowest BCUT2D eigenvalue weighted by molar-refractivity contribution is -0.141. The van der Waals surface area contributed by atoms with Gasteiger partial charge in [0.2, 0.25) is 0 Å². The van der Waals surface area contributed by atoms with Crippen LogP contribution in [0.3, 0.4) is 0 Å². The summed E-state index contributed by atoms with van der Waals surface area (Å²) in [4.78, 5) is 13.7. The Bertz CT molecular complexity index is 753. The van der Waals surface area contributed by atoms with Gasteiger partial charge >= 0.3 is 12.3 Å². The van der Waals surface area contributed by atoms with Gasteiger partial charge < -0.3 is 15.4 Å². The summed E-state index contributed by atoms with van der Waals surface area (Å²) in [6.07, 6.45) is -4.04. The van der Waals surface area contributed by atoms with Crippen LogP contribution in [0.4, 0.5) is 23.8 Å². The first-order chi connectivity index (χ1) is 12.3. The highest BCUT2D eigenvalue weighted by molar-refractivity contribution is 5.67. The number of nitrogen functional groups attached to an aromatic ring is 1. The molecule has 6 nitrogen and oxygen atoms in total. The molecule has 0 spiro atoms. The molecule has 1 aliphatic heterocycles. The van der Waals surface area contributed by atoms with E-state index in [0.717, 1.165) is 11.6 Å². The molecule has 0 saturated carbocycles. The lowest BCUT2D eigenvalue weighted by Gasteiger charge is -2.31. The van der Waals surface area contributed by atoms with E-state index in [1.807, 2.05) is 30.3 Å². The molecule has 1 fully saturated rings. The second-order valence-electron chi connectivity index (χ2n) is 6.16. The summed E-state index contributed by atoms with van der Waals surface area (Å²) in [5.74, 6) is -0.0255. The SMILES string of the molecule is Nc1cc(C(F)(F)F)nn1C1CCN(C(=O)OCc2ccccc2)CC1. The van der Waals surface area contributed by atoms with Crippen molar-refractivity contribution in [2.45, 2.75) is 31.7 Å². The summed E-state index contributed by atoms with van der Waals surface area (Å²) in [6.45, 7) is 0.929. The Labute approximate surface area is 148 Å². The predicted octanol–water partition coefficient (Wildman–Crippen LogP) is 3.46. The summed E-state index contributed by atoms with van der Waals surface area (Å²) in [5.41, 5.74) is 5.56. The number of hydrogen-bond donors (Lipinski definition) is 1. The lowest BCUT2D eigenvalue weighted by atomic mass is 10.1. The van der Waals surface area contributed by atoms with Crippen LogP contribution in [0.2, 0.25) is 0 Å². The number of anilines is 1. The average Bonchev–Trinajstić information content (AvgIpc) is 3.03. The third kappa shape index (κ3) is 4.09. The molecule has 0 aliphatic carbocycles. The van der Waals surface area contributed by atoms with Crippen LogP contribution in [-0.4, -0.2) is 33.9 Å². The van der Waals surface area contributed by atoms with Crippen LogP contribution in [0, 0.1) is 0 Å². The minimum absolute atomic E-state index is 0.0255. The summed E-state index contributed by atoms with van der Waals surface area (Å²) >= 11 is 0. The number of piperidine rings is 1. The Morgan fingerprint density at radius 2 is 1.88 bits per heavy atom. The molecule has 0 atom stereocenters. The second kappa shape index (κ2) is 7.27. The van der Waals surface area contributed by atoms with E-state index in [1.165, 1.54) is 4.68 Å². The summed E-state index contributed by atoms with van der Waals surface area (Å²) in [5, 5.41) is 3.58. The van der Waals surface area contributed by atoms with Crippen molar-refractivity contribution >= 4 is 11.9 Å². The zero-order valence-corrected chi connectivity index (χ0v) is 13.9. The standard InChI is InChI=1S/C17H19F3N4O2/c18-17(19,20)14-10-15(21)24(22-14)13-6-8-23(9-7-13)16(25)26-11-12-4-2-1-3-5-12/h1-5,10,13H,6-9,11,21H2. The van der Waals surface area contributed by atoms with Gasteiger partial charge in [0.15, 0.2) is 5.69 Å². The second-order valence-corrected chi connectivity index (χ2v) is 6.16. The molecule has 3 rings (SSSR count). The molecule has 2 N–H and O–H groups in total. The highest BCUT2D eigenvalue weighted by Gasteiger charge is 2.36. The molecule has 1 aromatic heterocycles. The summed E-state index contributed by atoms with van der Waals surface area (Å²) in [7, 11) is 0. The van der Waals surface area contributed by atoms with E-state index in [4.69, 9.17) is 10.5 Å². The van der Waals surface area contributed by atoms with Crippen LogP contribution >= 0.6 is 0 Å². The number of benzene rings is 1. The molecule has 140 valence electrons. The molecule has 1 aromatic carbocycles. The number of alkyl halides is 3. The summed E-state index contributed by atoms with van der Waals surface area (Å²) in [6, 6.07) is 9.87. The molecule has 1 aliphatic rings. The first-order valence-corrected chi connectivity index (χ1v) is 8.22. The van der Waals surface area contributed by atoms with Crippen molar-refractivity contribution in [1.82, 2.24) is 14.7 Å². The van der Waals surface area contributed by atoms with Gasteiger partial charge in [-0.2, -0.15) is 18.3 Å². The van der Waals surface area contributed by atoms with Crippen molar-refractivity contribution in [1.29, 1.82) is 0 Å². The number of likely N-dealkylation sites (tertiary alicyclic amines) is 1. The van der Waals surface area contributed by atoms with Gasteiger partial charge in [-0.1, -0.05) is 30.3 Å². The number of carbonyl (C=O) groups excluding carboxylic acids is 1. The maximum atomic E-state index is 12.7. The number of halogens is 3. The van der Waals surface area contributed by atoms with Crippen LogP contribution < -0.4 is 5.73 Å². The van der Waals surface area contributed by atoms with Crippen LogP contribution in [-0.2, 0) is 17.5 Å². The maximum Gasteiger partial charge on any atom is 0.435 e. The Hall–Kier alpha value is -2.71. The number of nitrogens with two attached hydrogens (primary N) is 1. The minimum atomic E-state index is -4.53. The third-order valence-electron chi connectivity index (χ3n) is 4.33. The highest BCUT2D eigenvalue weighted by Crippen LogP contribution is 2.32. The fourth-order valence-corrected chi connectivity index (χ4v) is 2.94. The Morgan fingerprint density at radius 3 is 2.46 bits per heavy atom. The number of carbonyl (C=O) groups is 1. The molecule has 1 amide bonds. The third-order valence-corrected chi connectivity index (χ3v) is 4.33. The molecule has 2 aromatic rings. The minimum Gasteiger partial charge on any atom is -0.445 e. The fraction of sp³-hybridized carbons (Fsp3) is 0.412. The highest BCUT2D eigenvalue weighted by atomic mass is 19.4. The number of aromatic nitrogens is 2. The van der Waals surface area contributed by atoms with Gasteiger partial charge in [-0.3, -0.25) is 0 Å². The largest absolute Gasteiger partial charge is 0.445 e. The zero-order chi connectivity index (χ0) is 18.7. The average molecular weight is 368 g/mol. The molecular weight excluding hydrogens is 349 g/mol. The van der Waals surface area contributed by atoms with E-state index in [0.29, 0.717) is 25.9 Å². The maximum absolute atomic E-state index is 12.7. The number of rotatable bonds is 3. The molecule has 0 radical (unpaired) electrons. The number of hydrogen-bond acceptors (Lipinski definition) is 4. The molecule has 0 unspecified atom stereocenters. The predicted molar refractivity (Wildman–Crippen MR) is 88.1 cm³/mol. The Kier molecular flexibility index (Phi) is 5.06. The summed E-state index contributed by atoms with van der Waals surface area (Å²) < 4.78 is 44.7. The van der Waals surface area contributed by atoms with Crippen molar-refractivity contribution < 1.29 is 22.7 Å². The van der Waals surface area contributed by atoms with Gasteiger partial charge in [0.1, 0.15) is 12.4 Å². The smallest absolute Gasteiger partial charge is 0.435 e. The van der Waals surface area contributed by atoms with Crippen LogP contribution in [0.5, 0.6) is 0 Å². The van der Waals surface area contributed by atoms with Crippen molar-refractivity contribution in [3.05, 3.63) is 47.7 Å². The first-order valence-electron chi connectivity index (χ1n) is 8.22. The van der Waals surface area contributed by atoms with Gasteiger partial charge in [-0.05, 0) is 18.4 Å². The first kappa shape index (κ1) is 18.1. The molecular formula is C17H19F3N4O2. The van der Waals surface area contributed by atoms with Crippen molar-refractivity contribution in [3.63, 3.8) is 0 Å². The van der Waals surface area contributed by atoms with Gasteiger partial charge in [-0.15, -0.1) is 0 Å². The van der Waals surface area contributed by atoms with Gasteiger partial charge in [0.05, 0.1) is 6.04 Å². The van der Waals surface area contributed by atoms with E-state index < -0.39 is 18.0 Å². The Morgan fingerprint density at radius 1 is 1.23 bits per heavy atom. The van der Waals surface area contributed by atoms with Crippen molar-refractivity contribution in [2.24, 2.45) is 0 Å². The normalized spacial score (nSPS) is 15.9. The molecule has 2 heterocycles. The monoisotopic (exact) mass is 368 g/mol.